The van der Waals surface area contributed by atoms with Crippen LogP contribution in [0.15, 0.2) is 36.4 Å². The van der Waals surface area contributed by atoms with E-state index in [2.05, 4.69) is 48.9 Å². The third-order valence-electron chi connectivity index (χ3n) is 4.15. The van der Waals surface area contributed by atoms with Gasteiger partial charge in [0.2, 0.25) is 0 Å². The van der Waals surface area contributed by atoms with Crippen molar-refractivity contribution < 1.29 is 5.11 Å². The SMILES string of the molecule is CCC(C)c1ccc(-c2nc3cc(O)ccc3[nH]2)c(C)c1. The molecule has 0 saturated carbocycles. The largest absolute Gasteiger partial charge is 0.508 e. The van der Waals surface area contributed by atoms with Gasteiger partial charge in [0, 0.05) is 11.6 Å². The summed E-state index contributed by atoms with van der Waals surface area (Å²) >= 11 is 0. The molecule has 1 aromatic heterocycles. The molecule has 0 radical (unpaired) electrons. The Kier molecular flexibility index (Phi) is 3.42. The van der Waals surface area contributed by atoms with E-state index in [-0.39, 0.29) is 5.75 Å². The maximum absolute atomic E-state index is 9.54. The number of hydrogen-bond donors (Lipinski definition) is 2. The molecule has 0 spiro atoms. The van der Waals surface area contributed by atoms with E-state index in [0.29, 0.717) is 5.92 Å². The van der Waals surface area contributed by atoms with Crippen molar-refractivity contribution in [1.29, 1.82) is 0 Å². The summed E-state index contributed by atoms with van der Waals surface area (Å²) in [5.41, 5.74) is 5.42. The van der Waals surface area contributed by atoms with E-state index in [9.17, 15) is 5.11 Å². The highest BCUT2D eigenvalue weighted by Crippen LogP contribution is 2.28. The third-order valence-corrected chi connectivity index (χ3v) is 4.15. The first-order valence-corrected chi connectivity index (χ1v) is 7.38. The average molecular weight is 280 g/mol. The van der Waals surface area contributed by atoms with Crippen LogP contribution >= 0.6 is 0 Å². The Hall–Kier alpha value is -2.29. The number of phenolic OH excluding ortho intramolecular Hbond substituents is 1. The summed E-state index contributed by atoms with van der Waals surface area (Å²) < 4.78 is 0. The van der Waals surface area contributed by atoms with Crippen molar-refractivity contribution in [3.8, 4) is 17.1 Å². The molecule has 0 aliphatic heterocycles. The molecule has 1 heterocycles. The molecule has 108 valence electrons. The summed E-state index contributed by atoms with van der Waals surface area (Å²) in [6.45, 7) is 6.57. The molecule has 0 bridgehead atoms. The Bertz CT molecular complexity index is 789. The molecule has 0 fully saturated rings. The lowest BCUT2D eigenvalue weighted by Gasteiger charge is -2.11. The van der Waals surface area contributed by atoms with Gasteiger partial charge in [-0.3, -0.25) is 0 Å². The van der Waals surface area contributed by atoms with Crippen LogP contribution in [0, 0.1) is 6.92 Å². The zero-order valence-corrected chi connectivity index (χ0v) is 12.6. The molecule has 2 aromatic carbocycles. The molecule has 2 N–H and O–H groups in total. The molecule has 1 unspecified atom stereocenters. The first-order chi connectivity index (χ1) is 10.1. The minimum Gasteiger partial charge on any atom is -0.508 e. The Balaban J connectivity index is 2.05. The van der Waals surface area contributed by atoms with Crippen molar-refractivity contribution in [1.82, 2.24) is 9.97 Å². The van der Waals surface area contributed by atoms with Gasteiger partial charge < -0.3 is 10.1 Å². The van der Waals surface area contributed by atoms with Gasteiger partial charge in [-0.05, 0) is 42.5 Å². The van der Waals surface area contributed by atoms with Crippen molar-refractivity contribution in [2.75, 3.05) is 0 Å². The second-order valence-electron chi connectivity index (χ2n) is 5.67. The molecule has 3 nitrogen and oxygen atoms in total. The van der Waals surface area contributed by atoms with Crippen molar-refractivity contribution in [2.24, 2.45) is 0 Å². The predicted molar refractivity (Wildman–Crippen MR) is 86.6 cm³/mol. The Morgan fingerprint density at radius 2 is 2.00 bits per heavy atom. The normalized spacial score (nSPS) is 12.7. The van der Waals surface area contributed by atoms with Gasteiger partial charge in [-0.1, -0.05) is 32.0 Å². The summed E-state index contributed by atoms with van der Waals surface area (Å²) in [5.74, 6) is 1.67. The number of nitrogens with one attached hydrogen (secondary N) is 1. The molecular formula is C18H20N2O. The second-order valence-corrected chi connectivity index (χ2v) is 5.67. The van der Waals surface area contributed by atoms with Crippen LogP contribution in [0.25, 0.3) is 22.4 Å². The first kappa shape index (κ1) is 13.7. The highest BCUT2D eigenvalue weighted by Gasteiger charge is 2.10. The average Bonchev–Trinajstić information content (AvgIpc) is 2.88. The van der Waals surface area contributed by atoms with Crippen LogP contribution in [0.2, 0.25) is 0 Å². The topological polar surface area (TPSA) is 48.9 Å². The summed E-state index contributed by atoms with van der Waals surface area (Å²) in [6.07, 6.45) is 1.14. The van der Waals surface area contributed by atoms with Crippen LogP contribution in [0.4, 0.5) is 0 Å². The first-order valence-electron chi connectivity index (χ1n) is 7.38. The van der Waals surface area contributed by atoms with Gasteiger partial charge in [0.1, 0.15) is 11.6 Å². The second kappa shape index (κ2) is 5.24. The van der Waals surface area contributed by atoms with Gasteiger partial charge in [0.05, 0.1) is 11.0 Å². The van der Waals surface area contributed by atoms with Gasteiger partial charge in [-0.2, -0.15) is 0 Å². The van der Waals surface area contributed by atoms with E-state index >= 15 is 0 Å². The van der Waals surface area contributed by atoms with Gasteiger partial charge >= 0.3 is 0 Å². The minimum atomic E-state index is 0.240. The van der Waals surface area contributed by atoms with E-state index in [0.717, 1.165) is 28.8 Å². The quantitative estimate of drug-likeness (QED) is 0.727. The number of nitrogens with zero attached hydrogens (tertiary/aromatic N) is 1. The van der Waals surface area contributed by atoms with E-state index in [1.165, 1.54) is 11.1 Å². The number of aryl methyl sites for hydroxylation is 1. The van der Waals surface area contributed by atoms with Crippen LogP contribution in [0.3, 0.4) is 0 Å². The summed E-state index contributed by atoms with van der Waals surface area (Å²) in [5, 5.41) is 9.54. The fourth-order valence-electron chi connectivity index (χ4n) is 2.62. The number of fused-ring (bicyclic) bond motifs is 1. The lowest BCUT2D eigenvalue weighted by molar-refractivity contribution is 0.476. The Labute approximate surface area is 124 Å². The Morgan fingerprint density at radius 3 is 2.71 bits per heavy atom. The van der Waals surface area contributed by atoms with Crippen LogP contribution in [-0.4, -0.2) is 15.1 Å². The highest BCUT2D eigenvalue weighted by atomic mass is 16.3. The molecule has 3 rings (SSSR count). The van der Waals surface area contributed by atoms with Crippen molar-refractivity contribution >= 4 is 11.0 Å². The van der Waals surface area contributed by atoms with Gasteiger partial charge in [-0.25, -0.2) is 4.98 Å². The predicted octanol–water partition coefficient (Wildman–Crippen LogP) is 4.76. The molecular weight excluding hydrogens is 260 g/mol. The molecule has 1 atom stereocenters. The van der Waals surface area contributed by atoms with Crippen LogP contribution < -0.4 is 0 Å². The highest BCUT2D eigenvalue weighted by molar-refractivity contribution is 5.81. The number of imidazole rings is 1. The Morgan fingerprint density at radius 1 is 1.19 bits per heavy atom. The molecule has 0 amide bonds. The molecule has 0 aliphatic carbocycles. The number of aromatic nitrogens is 2. The molecule has 3 heteroatoms. The third kappa shape index (κ3) is 2.51. The van der Waals surface area contributed by atoms with E-state index < -0.39 is 0 Å². The zero-order valence-electron chi connectivity index (χ0n) is 12.6. The van der Waals surface area contributed by atoms with Crippen LogP contribution in [0.5, 0.6) is 5.75 Å². The van der Waals surface area contributed by atoms with Crippen LogP contribution in [-0.2, 0) is 0 Å². The number of H-pyrrole nitrogens is 1. The number of aromatic amines is 1. The van der Waals surface area contributed by atoms with Crippen molar-refractivity contribution in [3.63, 3.8) is 0 Å². The van der Waals surface area contributed by atoms with Gasteiger partial charge in [0.25, 0.3) is 0 Å². The van der Waals surface area contributed by atoms with Crippen molar-refractivity contribution in [3.05, 3.63) is 47.5 Å². The van der Waals surface area contributed by atoms with E-state index in [1.807, 2.05) is 6.07 Å². The lowest BCUT2D eigenvalue weighted by atomic mass is 9.95. The molecule has 21 heavy (non-hydrogen) atoms. The van der Waals surface area contributed by atoms with Gasteiger partial charge in [0.15, 0.2) is 0 Å². The summed E-state index contributed by atoms with van der Waals surface area (Å²) in [4.78, 5) is 7.90. The summed E-state index contributed by atoms with van der Waals surface area (Å²) in [6, 6.07) is 11.8. The molecule has 0 aliphatic rings. The number of phenols is 1. The molecule has 0 saturated heterocycles. The standard InChI is InChI=1S/C18H20N2O/c1-4-11(2)13-5-7-15(12(3)9-13)18-19-16-8-6-14(21)10-17(16)20-18/h5-11,21H,4H2,1-3H3,(H,19,20). The number of hydrogen-bond acceptors (Lipinski definition) is 2. The molecule has 3 aromatic rings. The van der Waals surface area contributed by atoms with E-state index in [1.54, 1.807) is 12.1 Å². The number of rotatable bonds is 3. The minimum absolute atomic E-state index is 0.240. The van der Waals surface area contributed by atoms with Crippen LogP contribution in [0.1, 0.15) is 37.3 Å². The fraction of sp³-hybridized carbons (Fsp3) is 0.278. The van der Waals surface area contributed by atoms with Crippen molar-refractivity contribution in [2.45, 2.75) is 33.1 Å². The summed E-state index contributed by atoms with van der Waals surface area (Å²) in [7, 11) is 0. The number of benzene rings is 2. The monoisotopic (exact) mass is 280 g/mol. The fourth-order valence-corrected chi connectivity index (χ4v) is 2.62. The zero-order chi connectivity index (χ0) is 15.0. The maximum Gasteiger partial charge on any atom is 0.138 e. The lowest BCUT2D eigenvalue weighted by Crippen LogP contribution is -1.94. The number of aromatic hydroxyl groups is 1. The maximum atomic E-state index is 9.54. The van der Waals surface area contributed by atoms with Gasteiger partial charge in [-0.15, -0.1) is 0 Å². The van der Waals surface area contributed by atoms with E-state index in [4.69, 9.17) is 0 Å². The smallest absolute Gasteiger partial charge is 0.138 e.